The van der Waals surface area contributed by atoms with Crippen LogP contribution in [0, 0.1) is 5.82 Å². The Hall–Kier alpha value is -2.69. The fraction of sp³-hybridized carbons (Fsp3) is 0.391. The minimum atomic E-state index is -0.492. The van der Waals surface area contributed by atoms with Crippen LogP contribution in [0.2, 0.25) is 0 Å². The van der Waals surface area contributed by atoms with Crippen LogP contribution in [0.1, 0.15) is 48.0 Å². The van der Waals surface area contributed by atoms with Crippen molar-refractivity contribution < 1.29 is 14.0 Å². The lowest BCUT2D eigenvalue weighted by molar-refractivity contribution is -0.142. The molecule has 28 heavy (non-hydrogen) atoms. The van der Waals surface area contributed by atoms with E-state index in [1.54, 1.807) is 24.3 Å². The molecule has 1 N–H and O–H groups in total. The predicted molar refractivity (Wildman–Crippen MR) is 105 cm³/mol. The molecule has 1 aliphatic carbocycles. The minimum Gasteiger partial charge on any atom is -0.349 e. The second-order valence-corrected chi connectivity index (χ2v) is 7.85. The van der Waals surface area contributed by atoms with Gasteiger partial charge in [-0.2, -0.15) is 0 Å². The number of amides is 2. The van der Waals surface area contributed by atoms with Gasteiger partial charge in [-0.3, -0.25) is 9.59 Å². The average molecular weight is 380 g/mol. The zero-order chi connectivity index (χ0) is 19.6. The van der Waals surface area contributed by atoms with Gasteiger partial charge in [0.1, 0.15) is 5.82 Å². The maximum absolute atomic E-state index is 13.3. The molecule has 2 aromatic rings. The number of hydrogen-bond donors (Lipinski definition) is 1. The van der Waals surface area contributed by atoms with Crippen molar-refractivity contribution in [3.63, 3.8) is 0 Å². The van der Waals surface area contributed by atoms with Crippen molar-refractivity contribution in [1.82, 2.24) is 10.2 Å². The smallest absolute Gasteiger partial charge is 0.251 e. The Bertz CT molecular complexity index is 839. The molecule has 0 bridgehead atoms. The maximum atomic E-state index is 13.3. The summed E-state index contributed by atoms with van der Waals surface area (Å²) in [5, 5.41) is 3.08. The third kappa shape index (κ3) is 3.53. The van der Waals surface area contributed by atoms with Gasteiger partial charge in [0.2, 0.25) is 5.91 Å². The van der Waals surface area contributed by atoms with Gasteiger partial charge in [-0.05, 0) is 55.5 Å². The summed E-state index contributed by atoms with van der Waals surface area (Å²) in [6.45, 7) is 1.28. The van der Waals surface area contributed by atoms with E-state index in [2.05, 4.69) is 5.32 Å². The number of carbonyl (C=O) groups excluding carboxylic acids is 2. The molecule has 2 amide bonds. The molecule has 4 rings (SSSR count). The number of nitrogens with zero attached hydrogens (tertiary/aromatic N) is 1. The molecule has 1 saturated carbocycles. The monoisotopic (exact) mass is 380 g/mol. The Morgan fingerprint density at radius 1 is 0.964 bits per heavy atom. The lowest BCUT2D eigenvalue weighted by Crippen LogP contribution is -2.55. The topological polar surface area (TPSA) is 49.4 Å². The third-order valence-electron chi connectivity index (χ3n) is 6.17. The van der Waals surface area contributed by atoms with Crippen LogP contribution in [0.3, 0.4) is 0 Å². The van der Waals surface area contributed by atoms with Crippen LogP contribution < -0.4 is 5.32 Å². The molecule has 2 aromatic carbocycles. The van der Waals surface area contributed by atoms with Gasteiger partial charge in [-0.15, -0.1) is 0 Å². The molecule has 0 aromatic heterocycles. The molecule has 0 radical (unpaired) electrons. The molecule has 0 unspecified atom stereocenters. The van der Waals surface area contributed by atoms with E-state index in [0.29, 0.717) is 18.7 Å². The van der Waals surface area contributed by atoms with Crippen molar-refractivity contribution in [2.24, 2.45) is 0 Å². The van der Waals surface area contributed by atoms with Crippen LogP contribution in [0.4, 0.5) is 4.39 Å². The van der Waals surface area contributed by atoms with Crippen molar-refractivity contribution in [3.8, 4) is 0 Å². The fourth-order valence-corrected chi connectivity index (χ4v) is 4.31. The Labute approximate surface area is 164 Å². The Balaban J connectivity index is 1.37. The summed E-state index contributed by atoms with van der Waals surface area (Å²) in [5.41, 5.74) is 1.09. The van der Waals surface area contributed by atoms with Crippen molar-refractivity contribution in [3.05, 3.63) is 71.5 Å². The molecular formula is C23H25FN2O2. The first kappa shape index (κ1) is 18.7. The first-order valence-electron chi connectivity index (χ1n) is 10.00. The van der Waals surface area contributed by atoms with Crippen LogP contribution >= 0.6 is 0 Å². The van der Waals surface area contributed by atoms with Crippen LogP contribution in [-0.4, -0.2) is 35.8 Å². The summed E-state index contributed by atoms with van der Waals surface area (Å²) in [6.07, 6.45) is 4.17. The second-order valence-electron chi connectivity index (χ2n) is 7.85. The first-order chi connectivity index (χ1) is 13.6. The summed E-state index contributed by atoms with van der Waals surface area (Å²) in [5.74, 6) is -0.189. The summed E-state index contributed by atoms with van der Waals surface area (Å²) < 4.78 is 13.3. The van der Waals surface area contributed by atoms with E-state index in [4.69, 9.17) is 0 Å². The van der Waals surface area contributed by atoms with E-state index in [-0.39, 0.29) is 23.7 Å². The molecular weight excluding hydrogens is 355 g/mol. The molecule has 146 valence electrons. The van der Waals surface area contributed by atoms with E-state index in [9.17, 15) is 14.0 Å². The van der Waals surface area contributed by atoms with Gasteiger partial charge in [0, 0.05) is 24.7 Å². The Kier molecular flexibility index (Phi) is 5.16. The van der Waals surface area contributed by atoms with Crippen LogP contribution in [-0.2, 0) is 10.2 Å². The maximum Gasteiger partial charge on any atom is 0.251 e. The largest absolute Gasteiger partial charge is 0.349 e. The second kappa shape index (κ2) is 7.74. The quantitative estimate of drug-likeness (QED) is 0.880. The number of halogens is 1. The standard InChI is InChI=1S/C23H25FN2O2/c24-19-9-7-18(8-10-19)23(13-4-14-23)22(28)26-15-11-20(12-16-26)25-21(27)17-5-2-1-3-6-17/h1-3,5-10,20H,4,11-16H2,(H,25,27). The van der Waals surface area contributed by atoms with Gasteiger partial charge in [0.25, 0.3) is 5.91 Å². The number of nitrogens with one attached hydrogen (secondary N) is 1. The zero-order valence-corrected chi connectivity index (χ0v) is 15.9. The first-order valence-corrected chi connectivity index (χ1v) is 10.00. The molecule has 2 aliphatic rings. The Morgan fingerprint density at radius 2 is 1.61 bits per heavy atom. The van der Waals surface area contributed by atoms with Gasteiger partial charge in [0.05, 0.1) is 5.41 Å². The molecule has 1 aliphatic heterocycles. The average Bonchev–Trinajstić information content (AvgIpc) is 2.69. The number of carbonyl (C=O) groups is 2. The molecule has 5 heteroatoms. The van der Waals surface area contributed by atoms with Crippen LogP contribution in [0.15, 0.2) is 54.6 Å². The molecule has 4 nitrogen and oxygen atoms in total. The number of rotatable bonds is 4. The van der Waals surface area contributed by atoms with E-state index in [0.717, 1.165) is 37.7 Å². The van der Waals surface area contributed by atoms with E-state index < -0.39 is 5.41 Å². The summed E-state index contributed by atoms with van der Waals surface area (Å²) in [4.78, 5) is 27.5. The summed E-state index contributed by atoms with van der Waals surface area (Å²) in [6, 6.07) is 15.7. The lowest BCUT2D eigenvalue weighted by Gasteiger charge is -2.45. The number of benzene rings is 2. The molecule has 2 fully saturated rings. The van der Waals surface area contributed by atoms with Crippen LogP contribution in [0.5, 0.6) is 0 Å². The highest BCUT2D eigenvalue weighted by Crippen LogP contribution is 2.45. The molecule has 0 spiro atoms. The number of hydrogen-bond acceptors (Lipinski definition) is 2. The highest BCUT2D eigenvalue weighted by Gasteiger charge is 2.48. The molecule has 1 heterocycles. The normalized spacial score (nSPS) is 19.0. The third-order valence-corrected chi connectivity index (χ3v) is 6.17. The SMILES string of the molecule is O=C(NC1CCN(C(=O)C2(c3ccc(F)cc3)CCC2)CC1)c1ccccc1. The van der Waals surface area contributed by atoms with Crippen molar-refractivity contribution in [2.75, 3.05) is 13.1 Å². The predicted octanol–water partition coefficient (Wildman–Crippen LogP) is 3.67. The molecule has 0 atom stereocenters. The van der Waals surface area contributed by atoms with E-state index in [1.807, 2.05) is 23.1 Å². The molecule has 1 saturated heterocycles. The van der Waals surface area contributed by atoms with Crippen LogP contribution in [0.25, 0.3) is 0 Å². The fourth-order valence-electron chi connectivity index (χ4n) is 4.31. The van der Waals surface area contributed by atoms with Gasteiger partial charge in [-0.25, -0.2) is 4.39 Å². The van der Waals surface area contributed by atoms with Gasteiger partial charge < -0.3 is 10.2 Å². The van der Waals surface area contributed by atoms with Gasteiger partial charge in [-0.1, -0.05) is 36.8 Å². The highest BCUT2D eigenvalue weighted by atomic mass is 19.1. The minimum absolute atomic E-state index is 0.0628. The van der Waals surface area contributed by atoms with Crippen molar-refractivity contribution >= 4 is 11.8 Å². The van der Waals surface area contributed by atoms with Crippen molar-refractivity contribution in [2.45, 2.75) is 43.6 Å². The van der Waals surface area contributed by atoms with Gasteiger partial charge >= 0.3 is 0 Å². The summed E-state index contributed by atoms with van der Waals surface area (Å²) in [7, 11) is 0. The Morgan fingerprint density at radius 3 is 2.18 bits per heavy atom. The number of likely N-dealkylation sites (tertiary alicyclic amines) is 1. The van der Waals surface area contributed by atoms with E-state index >= 15 is 0 Å². The van der Waals surface area contributed by atoms with Crippen molar-refractivity contribution in [1.29, 1.82) is 0 Å². The van der Waals surface area contributed by atoms with Gasteiger partial charge in [0.15, 0.2) is 0 Å². The van der Waals surface area contributed by atoms with E-state index in [1.165, 1.54) is 12.1 Å². The highest BCUT2D eigenvalue weighted by molar-refractivity contribution is 5.94. The lowest BCUT2D eigenvalue weighted by atomic mass is 9.63. The summed E-state index contributed by atoms with van der Waals surface area (Å²) >= 11 is 0. The number of piperidine rings is 1. The zero-order valence-electron chi connectivity index (χ0n) is 15.9.